The zero-order chi connectivity index (χ0) is 13.1. The zero-order valence-corrected chi connectivity index (χ0v) is 11.0. The van der Waals surface area contributed by atoms with Gasteiger partial charge in [0, 0.05) is 0 Å². The van der Waals surface area contributed by atoms with E-state index in [1.165, 1.54) is 23.5 Å². The molecule has 0 saturated heterocycles. The summed E-state index contributed by atoms with van der Waals surface area (Å²) >= 11 is 4.80. The first kappa shape index (κ1) is 12.4. The molecule has 0 bridgehead atoms. The first-order valence-electron chi connectivity index (χ1n) is 5.43. The van der Waals surface area contributed by atoms with Crippen molar-refractivity contribution in [3.63, 3.8) is 0 Å². The number of rotatable bonds is 3. The highest BCUT2D eigenvalue weighted by Crippen LogP contribution is 2.21. The molecule has 2 rings (SSSR count). The first-order valence-corrected chi connectivity index (χ1v) is 5.84. The van der Waals surface area contributed by atoms with Crippen LogP contribution in [0.1, 0.15) is 16.8 Å². The van der Waals surface area contributed by atoms with Gasteiger partial charge in [-0.25, -0.2) is 9.97 Å². The van der Waals surface area contributed by atoms with Crippen molar-refractivity contribution in [1.82, 2.24) is 9.97 Å². The SMILES string of the molecule is Cc1ccc(Oc2cnc(C(N)=S)cn2)cc1C. The van der Waals surface area contributed by atoms with E-state index < -0.39 is 0 Å². The molecule has 5 heteroatoms. The lowest BCUT2D eigenvalue weighted by Crippen LogP contribution is -2.11. The Hall–Kier alpha value is -2.01. The molecule has 1 heterocycles. The smallest absolute Gasteiger partial charge is 0.237 e. The molecule has 2 N–H and O–H groups in total. The minimum Gasteiger partial charge on any atom is -0.437 e. The fraction of sp³-hybridized carbons (Fsp3) is 0.154. The van der Waals surface area contributed by atoms with Crippen molar-refractivity contribution in [2.24, 2.45) is 5.73 Å². The number of ether oxygens (including phenoxy) is 1. The van der Waals surface area contributed by atoms with E-state index in [1.807, 2.05) is 25.1 Å². The molecule has 1 aromatic heterocycles. The van der Waals surface area contributed by atoms with Gasteiger partial charge < -0.3 is 10.5 Å². The van der Waals surface area contributed by atoms with Crippen molar-refractivity contribution < 1.29 is 4.74 Å². The minimum absolute atomic E-state index is 0.222. The van der Waals surface area contributed by atoms with Crippen LogP contribution in [-0.4, -0.2) is 15.0 Å². The maximum atomic E-state index is 5.59. The third-order valence-electron chi connectivity index (χ3n) is 2.58. The highest BCUT2D eigenvalue weighted by molar-refractivity contribution is 7.80. The Morgan fingerprint density at radius 2 is 1.94 bits per heavy atom. The van der Waals surface area contributed by atoms with Crippen molar-refractivity contribution in [1.29, 1.82) is 0 Å². The number of nitrogens with two attached hydrogens (primary N) is 1. The summed E-state index contributed by atoms with van der Waals surface area (Å²) in [6, 6.07) is 5.85. The van der Waals surface area contributed by atoms with Gasteiger partial charge in [0.25, 0.3) is 0 Å². The van der Waals surface area contributed by atoms with E-state index in [-0.39, 0.29) is 4.99 Å². The predicted molar refractivity (Wildman–Crippen MR) is 73.9 cm³/mol. The van der Waals surface area contributed by atoms with Crippen LogP contribution in [-0.2, 0) is 0 Å². The van der Waals surface area contributed by atoms with Crippen LogP contribution >= 0.6 is 12.2 Å². The molecule has 0 aliphatic rings. The normalized spacial score (nSPS) is 10.1. The Kier molecular flexibility index (Phi) is 3.53. The lowest BCUT2D eigenvalue weighted by molar-refractivity contribution is 0.459. The molecule has 0 spiro atoms. The summed E-state index contributed by atoms with van der Waals surface area (Å²) in [6.07, 6.45) is 3.00. The molecule has 2 aromatic rings. The highest BCUT2D eigenvalue weighted by atomic mass is 32.1. The average Bonchev–Trinajstić information content (AvgIpc) is 2.34. The topological polar surface area (TPSA) is 61.0 Å². The zero-order valence-electron chi connectivity index (χ0n) is 10.2. The van der Waals surface area contributed by atoms with Crippen molar-refractivity contribution in [3.8, 4) is 11.6 Å². The number of hydrogen-bond acceptors (Lipinski definition) is 4. The van der Waals surface area contributed by atoms with Gasteiger partial charge in [-0.05, 0) is 37.1 Å². The van der Waals surface area contributed by atoms with Gasteiger partial charge in [-0.3, -0.25) is 0 Å². The van der Waals surface area contributed by atoms with Crippen LogP contribution in [0.3, 0.4) is 0 Å². The summed E-state index contributed by atoms with van der Waals surface area (Å²) in [5, 5.41) is 0. The molecule has 1 aromatic carbocycles. The van der Waals surface area contributed by atoms with Gasteiger partial charge in [-0.1, -0.05) is 18.3 Å². The van der Waals surface area contributed by atoms with E-state index in [0.29, 0.717) is 11.6 Å². The Labute approximate surface area is 111 Å². The standard InChI is InChI=1S/C13H13N3OS/c1-8-3-4-10(5-9(8)2)17-12-7-15-11(6-16-12)13(14)18/h3-7H,1-2H3,(H2,14,18). The molecule has 0 unspecified atom stereocenters. The first-order chi connectivity index (χ1) is 8.56. The van der Waals surface area contributed by atoms with Crippen molar-refractivity contribution >= 4 is 17.2 Å². The van der Waals surface area contributed by atoms with Gasteiger partial charge in [0.1, 0.15) is 16.4 Å². The molecular formula is C13H13N3OS. The summed E-state index contributed by atoms with van der Waals surface area (Å²) in [6.45, 7) is 4.08. The van der Waals surface area contributed by atoms with Crippen LogP contribution in [0.4, 0.5) is 0 Å². The number of aryl methyl sites for hydroxylation is 2. The van der Waals surface area contributed by atoms with E-state index in [2.05, 4.69) is 16.9 Å². The lowest BCUT2D eigenvalue weighted by atomic mass is 10.1. The van der Waals surface area contributed by atoms with Gasteiger partial charge in [0.15, 0.2) is 0 Å². The maximum absolute atomic E-state index is 5.59. The summed E-state index contributed by atoms with van der Waals surface area (Å²) in [5.74, 6) is 1.15. The Balaban J connectivity index is 2.18. The molecule has 18 heavy (non-hydrogen) atoms. The second-order valence-electron chi connectivity index (χ2n) is 3.95. The molecule has 0 radical (unpaired) electrons. The van der Waals surface area contributed by atoms with Crippen LogP contribution in [0.5, 0.6) is 11.6 Å². The van der Waals surface area contributed by atoms with Gasteiger partial charge in [-0.2, -0.15) is 0 Å². The third-order valence-corrected chi connectivity index (χ3v) is 2.79. The second-order valence-corrected chi connectivity index (χ2v) is 4.39. The Bertz CT molecular complexity index is 581. The average molecular weight is 259 g/mol. The number of thiocarbonyl (C=S) groups is 1. The molecular weight excluding hydrogens is 246 g/mol. The van der Waals surface area contributed by atoms with Crippen LogP contribution in [0.2, 0.25) is 0 Å². The molecule has 0 atom stereocenters. The number of aromatic nitrogens is 2. The second kappa shape index (κ2) is 5.10. The maximum Gasteiger partial charge on any atom is 0.237 e. The third kappa shape index (κ3) is 2.81. The largest absolute Gasteiger partial charge is 0.437 e. The number of hydrogen-bond donors (Lipinski definition) is 1. The van der Waals surface area contributed by atoms with Gasteiger partial charge in [0.2, 0.25) is 5.88 Å². The number of nitrogens with zero attached hydrogens (tertiary/aromatic N) is 2. The van der Waals surface area contributed by atoms with E-state index in [9.17, 15) is 0 Å². The van der Waals surface area contributed by atoms with Crippen molar-refractivity contribution in [3.05, 3.63) is 47.4 Å². The summed E-state index contributed by atoms with van der Waals surface area (Å²) in [4.78, 5) is 8.38. The fourth-order valence-corrected chi connectivity index (χ4v) is 1.50. The van der Waals surface area contributed by atoms with Gasteiger partial charge in [0.05, 0.1) is 12.4 Å². The molecule has 4 nitrogen and oxygen atoms in total. The molecule has 0 amide bonds. The van der Waals surface area contributed by atoms with E-state index in [1.54, 1.807) is 0 Å². The monoisotopic (exact) mass is 259 g/mol. The molecule has 0 saturated carbocycles. The Morgan fingerprint density at radius 3 is 2.50 bits per heavy atom. The molecule has 0 fully saturated rings. The fourth-order valence-electron chi connectivity index (χ4n) is 1.39. The van der Waals surface area contributed by atoms with Gasteiger partial charge >= 0.3 is 0 Å². The quantitative estimate of drug-likeness (QED) is 0.858. The van der Waals surface area contributed by atoms with E-state index >= 15 is 0 Å². The highest BCUT2D eigenvalue weighted by Gasteiger charge is 2.03. The van der Waals surface area contributed by atoms with Crippen LogP contribution in [0.25, 0.3) is 0 Å². The van der Waals surface area contributed by atoms with Crippen LogP contribution in [0.15, 0.2) is 30.6 Å². The summed E-state index contributed by atoms with van der Waals surface area (Å²) in [7, 11) is 0. The summed E-state index contributed by atoms with van der Waals surface area (Å²) < 4.78 is 5.59. The van der Waals surface area contributed by atoms with Crippen LogP contribution < -0.4 is 10.5 Å². The lowest BCUT2D eigenvalue weighted by Gasteiger charge is -2.07. The van der Waals surface area contributed by atoms with Crippen molar-refractivity contribution in [2.45, 2.75) is 13.8 Å². The van der Waals surface area contributed by atoms with Crippen LogP contribution in [0, 0.1) is 13.8 Å². The summed E-state index contributed by atoms with van der Waals surface area (Å²) in [5.41, 5.74) is 8.31. The Morgan fingerprint density at radius 1 is 1.17 bits per heavy atom. The molecule has 0 aliphatic heterocycles. The van der Waals surface area contributed by atoms with Gasteiger partial charge in [-0.15, -0.1) is 0 Å². The molecule has 92 valence electrons. The van der Waals surface area contributed by atoms with E-state index in [0.717, 1.165) is 5.75 Å². The number of benzene rings is 1. The molecule has 0 aliphatic carbocycles. The van der Waals surface area contributed by atoms with Crippen molar-refractivity contribution in [2.75, 3.05) is 0 Å². The minimum atomic E-state index is 0.222. The van der Waals surface area contributed by atoms with E-state index in [4.69, 9.17) is 22.7 Å². The predicted octanol–water partition coefficient (Wildman–Crippen LogP) is 2.52.